The minimum absolute atomic E-state index is 0.0249. The predicted molar refractivity (Wildman–Crippen MR) is 431 cm³/mol. The number of nitrogens with two attached hydrogens (primary N) is 1. The maximum absolute atomic E-state index is 14.6. The average Bonchev–Trinajstić information content (AvgIpc) is 1.55. The summed E-state index contributed by atoms with van der Waals surface area (Å²) in [7, 11) is 3.18. The summed E-state index contributed by atoms with van der Waals surface area (Å²) in [5, 5.41) is 32.8. The molecule has 12 bridgehead atoms. The van der Waals surface area contributed by atoms with E-state index in [1.54, 1.807) is 57.2 Å². The molecule has 0 aromatic heterocycles. The van der Waals surface area contributed by atoms with E-state index in [2.05, 4.69) is 62.6 Å². The highest BCUT2D eigenvalue weighted by molar-refractivity contribution is 6.00. The number of rotatable bonds is 29. The number of anilines is 1. The van der Waals surface area contributed by atoms with Crippen molar-refractivity contribution in [3.05, 3.63) is 114 Å². The molecule has 0 saturated carbocycles. The first-order valence-electron chi connectivity index (χ1n) is 42.6. The molecule has 3 aromatic rings. The van der Waals surface area contributed by atoms with Crippen LogP contribution in [0.3, 0.4) is 0 Å². The van der Waals surface area contributed by atoms with E-state index in [0.717, 1.165) is 65.5 Å². The number of urea groups is 1. The van der Waals surface area contributed by atoms with Gasteiger partial charge in [0.15, 0.2) is 5.79 Å². The second kappa shape index (κ2) is 39.0. The third kappa shape index (κ3) is 21.0. The number of aliphatic hydroxyl groups is 1. The molecular formula is C87H116N10O23. The van der Waals surface area contributed by atoms with Crippen LogP contribution in [-0.4, -0.2) is 257 Å². The number of alkyl carbamates (subject to hydrolysis) is 2. The van der Waals surface area contributed by atoms with Crippen LogP contribution >= 0.6 is 0 Å². The summed E-state index contributed by atoms with van der Waals surface area (Å²) in [5.41, 5.74) is 12.4. The van der Waals surface area contributed by atoms with Crippen molar-refractivity contribution in [1.29, 1.82) is 0 Å². The number of likely N-dealkylation sites (N-methyl/N-ethyl adjacent to an activating group) is 1. The van der Waals surface area contributed by atoms with Crippen LogP contribution in [0.1, 0.15) is 153 Å². The van der Waals surface area contributed by atoms with E-state index in [-0.39, 0.29) is 163 Å². The number of hydrogen-bond donors (Lipinski definition) is 10. The number of aliphatic hydroxyl groups excluding tert-OH is 1. The van der Waals surface area contributed by atoms with Gasteiger partial charge in [-0.15, -0.1) is 0 Å². The third-order valence-corrected chi connectivity index (χ3v) is 25.5. The molecule has 120 heavy (non-hydrogen) atoms. The van der Waals surface area contributed by atoms with Crippen molar-refractivity contribution in [2.24, 2.45) is 23.5 Å². The minimum atomic E-state index is -1.59. The van der Waals surface area contributed by atoms with Crippen LogP contribution in [0.2, 0.25) is 0 Å². The topological polar surface area (TPSA) is 427 Å². The van der Waals surface area contributed by atoms with E-state index in [1.165, 1.54) is 0 Å². The summed E-state index contributed by atoms with van der Waals surface area (Å²) >= 11 is 0. The zero-order valence-electron chi connectivity index (χ0n) is 68.8. The number of nitrogens with zero attached hydrogens (tertiary/aromatic N) is 1. The van der Waals surface area contributed by atoms with Crippen LogP contribution in [0.15, 0.2) is 97.1 Å². The molecule has 33 heteroatoms. The van der Waals surface area contributed by atoms with E-state index in [1.807, 2.05) is 48.5 Å². The van der Waals surface area contributed by atoms with Gasteiger partial charge >= 0.3 is 24.2 Å². The van der Waals surface area contributed by atoms with Crippen LogP contribution < -0.4 is 48.3 Å². The van der Waals surface area contributed by atoms with Crippen molar-refractivity contribution < 1.29 is 110 Å². The number of fused-ring (bicyclic) bond motifs is 9. The van der Waals surface area contributed by atoms with Crippen LogP contribution in [0.25, 0.3) is 11.1 Å². The van der Waals surface area contributed by atoms with Crippen molar-refractivity contribution >= 4 is 65.2 Å². The first kappa shape index (κ1) is 87.4. The molecular weight excluding hydrogens is 1550 g/mol. The number of carbonyl (C=O) groups excluding carboxylic acids is 10. The zero-order valence-corrected chi connectivity index (χ0v) is 68.8. The number of hydrogen-bond acceptors (Lipinski definition) is 24. The highest BCUT2D eigenvalue weighted by Crippen LogP contribution is 2.55. The van der Waals surface area contributed by atoms with Gasteiger partial charge in [-0.05, 0) is 128 Å². The SMILES string of the molecule is C=C1C[C@@H]2CC[C@@]34C[C@H]5O[C@H]6[C@@H](O3)[C@H]3O[C@H](CC[C@@H]3O[C@H]6[C@H]5O4)CC(=O)C[C@@H]3[C@@H](OC)[C@@H](C[C@H](O)CNC(=O)OCc4ccc(NC(=O)[C@H](CCCNC(N)=O)NC(=O)[C@@H](NC(=O)[C@H](CC(=O)N[C@H]5CCOC5=O)NC(=O)CN(C)CCNC(=O)OCC5c6ccccc6-c6ccccc65)C(C)C)cc4)O[C@H]3C[C@H]3O[C@@H](CC[C@@H]1O2)C[C@@H](C)C3=C. The molecule has 0 radical (unpaired) electrons. The molecule has 9 amide bonds. The molecule has 0 unspecified atom stereocenters. The van der Waals surface area contributed by atoms with Gasteiger partial charge in [-0.1, -0.05) is 94.6 Å². The Kier molecular flexibility index (Phi) is 28.4. The average molecular weight is 1670 g/mol. The van der Waals surface area contributed by atoms with Gasteiger partial charge in [-0.3, -0.25) is 33.7 Å². The molecule has 23 atom stereocenters. The first-order chi connectivity index (χ1) is 57.7. The summed E-state index contributed by atoms with van der Waals surface area (Å²) < 4.78 is 77.2. The second-order valence-electron chi connectivity index (χ2n) is 34.4. The number of nitrogens with one attached hydrogen (secondary N) is 8. The summed E-state index contributed by atoms with van der Waals surface area (Å²) in [6.45, 7) is 14.1. The Balaban J connectivity index is 0.559. The van der Waals surface area contributed by atoms with Crippen molar-refractivity contribution in [2.45, 2.75) is 270 Å². The Morgan fingerprint density at radius 2 is 1.38 bits per heavy atom. The normalized spacial score (nSPS) is 31.4. The van der Waals surface area contributed by atoms with Crippen LogP contribution in [0, 0.1) is 17.8 Å². The monoisotopic (exact) mass is 1670 g/mol. The quantitative estimate of drug-likeness (QED) is 0.0185. The standard InChI is InChI=1S/C87H116N10O23/c1-45(2)73(96-81(103)64(38-71(100)93-63-27-32-110-83(63)105)94-72(101)42-97(6)31-30-90-85(107)112-44-61-58-15-10-8-13-56(58)57-14-9-11-16-59(57)61)82(104)95-62(17-12-29-89-84(88)106)80(102)92-50-20-18-49(19-21-50)43-111-86(108)91-41-52(99)37-69-74(109-7)60-36-51(98)35-54-23-25-66-75(115-54)79-78-77(117-66)76-70(118-78)40-87(119-76,120-79)28-26-55-34-47(4)65(113-55)24-22-53-33-46(3)48(5)67(114-53)39-68(60)116-69/h8-11,13-16,18-21,45-46,52-55,60-70,73-79,99H,4-5,12,17,22-44H2,1-3,6-7H3,(H,90,107)(H,91,108)(H,92,102)(H,93,100)(H,94,101)(H,95,104)(H,96,103)(H3,88,89,106)/t46-,52+,53+,54-,55+,60+,62+,63+,64+,65+,66+,67-,68+,69-,70-,73+,74-,75+,76+,77+,78-,79+,87+/m1/s1. The lowest BCUT2D eigenvalue weighted by atomic mass is 9.81. The van der Waals surface area contributed by atoms with Gasteiger partial charge in [0, 0.05) is 95.8 Å². The molecule has 1 aliphatic carbocycles. The summed E-state index contributed by atoms with van der Waals surface area (Å²) in [6, 6.07) is 16.2. The van der Waals surface area contributed by atoms with Crippen molar-refractivity contribution in [2.75, 3.05) is 65.4 Å². The van der Waals surface area contributed by atoms with E-state index < -0.39 is 151 Å². The fourth-order valence-corrected chi connectivity index (χ4v) is 19.3. The van der Waals surface area contributed by atoms with Gasteiger partial charge in [0.05, 0.1) is 86.7 Å². The summed E-state index contributed by atoms with van der Waals surface area (Å²) in [6.07, 6.45) is -1.20. The Bertz CT molecular complexity index is 4200. The summed E-state index contributed by atoms with van der Waals surface area (Å²) in [4.78, 5) is 137. The molecule has 11 heterocycles. The van der Waals surface area contributed by atoms with E-state index in [9.17, 15) is 53.1 Å². The zero-order chi connectivity index (χ0) is 84.6. The van der Waals surface area contributed by atoms with Crippen molar-refractivity contribution in [3.8, 4) is 11.1 Å². The first-order valence-corrected chi connectivity index (χ1v) is 42.6. The van der Waals surface area contributed by atoms with E-state index in [4.69, 9.17) is 62.6 Å². The number of ether oxygens (including phenoxy) is 12. The molecule has 3 aromatic carbocycles. The van der Waals surface area contributed by atoms with E-state index in [0.29, 0.717) is 37.7 Å². The lowest BCUT2D eigenvalue weighted by molar-refractivity contribution is -0.292. The number of amides is 9. The highest BCUT2D eigenvalue weighted by Gasteiger charge is 2.69. The number of Topliss-reactive ketones (excluding diaryl/α,β-unsaturated/α-hetero) is 1. The van der Waals surface area contributed by atoms with Gasteiger partial charge in [0.25, 0.3) is 0 Å². The largest absolute Gasteiger partial charge is 0.464 e. The van der Waals surface area contributed by atoms with Crippen LogP contribution in [-0.2, 0) is 97.0 Å². The van der Waals surface area contributed by atoms with Gasteiger partial charge in [-0.25, -0.2) is 19.2 Å². The Labute approximate surface area is 698 Å². The molecule has 33 nitrogen and oxygen atoms in total. The van der Waals surface area contributed by atoms with Gasteiger partial charge in [0.1, 0.15) is 73.7 Å². The second-order valence-corrected chi connectivity index (χ2v) is 34.4. The van der Waals surface area contributed by atoms with Gasteiger partial charge in [-0.2, -0.15) is 0 Å². The molecule has 12 aliphatic rings. The molecule has 652 valence electrons. The van der Waals surface area contributed by atoms with Gasteiger partial charge in [0.2, 0.25) is 29.5 Å². The molecule has 15 rings (SSSR count). The highest BCUT2D eigenvalue weighted by atomic mass is 16.8. The smallest absolute Gasteiger partial charge is 0.407 e. The molecule has 11 N–H and O–H groups in total. The van der Waals surface area contributed by atoms with Crippen LogP contribution in [0.5, 0.6) is 0 Å². The fraction of sp³-hybridized carbons (Fsp3) is 0.632. The fourth-order valence-electron chi connectivity index (χ4n) is 19.3. The third-order valence-electron chi connectivity index (χ3n) is 25.5. The lowest BCUT2D eigenvalue weighted by Crippen LogP contribution is -2.61. The minimum Gasteiger partial charge on any atom is -0.464 e. The van der Waals surface area contributed by atoms with Crippen molar-refractivity contribution in [1.82, 2.24) is 42.1 Å². The molecule has 11 aliphatic heterocycles. The Morgan fingerprint density at radius 3 is 2.12 bits per heavy atom. The van der Waals surface area contributed by atoms with E-state index >= 15 is 0 Å². The maximum Gasteiger partial charge on any atom is 0.407 e. The van der Waals surface area contributed by atoms with Gasteiger partial charge < -0.3 is 110 Å². The molecule has 1 spiro atoms. The van der Waals surface area contributed by atoms with Crippen LogP contribution in [0.4, 0.5) is 20.1 Å². The number of methoxy groups -OCH3 is 1. The Hall–Kier alpha value is -9.00. The molecule has 11 saturated heterocycles. The number of primary amides is 1. The number of cyclic esters (lactones) is 1. The predicted octanol–water partition coefficient (Wildman–Crippen LogP) is 5.20. The molecule has 11 fully saturated rings. The Morgan fingerprint density at radius 1 is 0.675 bits per heavy atom. The van der Waals surface area contributed by atoms with Crippen molar-refractivity contribution in [3.63, 3.8) is 0 Å². The maximum atomic E-state index is 14.6. The lowest BCUT2D eigenvalue weighted by Gasteiger charge is -2.47. The number of ketones is 1. The number of carbonyl (C=O) groups is 10. The number of esters is 1. The summed E-state index contributed by atoms with van der Waals surface area (Å²) in [5.74, 6) is -6.58. The number of benzene rings is 3.